The van der Waals surface area contributed by atoms with Gasteiger partial charge in [-0.3, -0.25) is 4.79 Å². The second-order valence-electron chi connectivity index (χ2n) is 4.41. The molecular formula is C12H14BrFO3. The molecule has 0 heterocycles. The third-order valence-electron chi connectivity index (χ3n) is 2.57. The smallest absolute Gasteiger partial charge is 0.309 e. The molecule has 3 nitrogen and oxygen atoms in total. The second kappa shape index (κ2) is 5.04. The Hall–Kier alpha value is -1.10. The van der Waals surface area contributed by atoms with Crippen molar-refractivity contribution in [2.24, 2.45) is 5.41 Å². The van der Waals surface area contributed by atoms with E-state index in [2.05, 4.69) is 15.9 Å². The van der Waals surface area contributed by atoms with Crippen LogP contribution in [0.2, 0.25) is 0 Å². The molecule has 0 spiro atoms. The molecule has 0 unspecified atom stereocenters. The molecule has 0 saturated heterocycles. The predicted molar refractivity (Wildman–Crippen MR) is 65.8 cm³/mol. The first-order valence-corrected chi connectivity index (χ1v) is 5.83. The Kier molecular flexibility index (Phi) is 4.14. The van der Waals surface area contributed by atoms with Gasteiger partial charge in [-0.05, 0) is 48.3 Å². The minimum Gasteiger partial charge on any atom is -0.496 e. The number of rotatable bonds is 4. The lowest BCUT2D eigenvalue weighted by molar-refractivity contribution is -0.146. The van der Waals surface area contributed by atoms with Crippen LogP contribution < -0.4 is 4.74 Å². The van der Waals surface area contributed by atoms with Gasteiger partial charge in [-0.15, -0.1) is 0 Å². The van der Waals surface area contributed by atoms with Gasteiger partial charge in [0, 0.05) is 5.56 Å². The summed E-state index contributed by atoms with van der Waals surface area (Å²) in [6.45, 7) is 3.10. The fraction of sp³-hybridized carbons (Fsp3) is 0.417. The Balaban J connectivity index is 3.21. The van der Waals surface area contributed by atoms with Gasteiger partial charge in [0.1, 0.15) is 11.6 Å². The van der Waals surface area contributed by atoms with Gasteiger partial charge >= 0.3 is 5.97 Å². The van der Waals surface area contributed by atoms with Crippen LogP contribution in [0, 0.1) is 11.2 Å². The van der Waals surface area contributed by atoms with Gasteiger partial charge < -0.3 is 9.84 Å². The Morgan fingerprint density at radius 3 is 2.59 bits per heavy atom. The number of carboxylic acid groups (broad SMARTS) is 1. The normalized spacial score (nSPS) is 11.4. The predicted octanol–water partition coefficient (Wildman–Crippen LogP) is 3.25. The minimum absolute atomic E-state index is 0.0663. The van der Waals surface area contributed by atoms with Crippen LogP contribution in [0.25, 0.3) is 0 Å². The molecule has 0 saturated carbocycles. The van der Waals surface area contributed by atoms with Crippen LogP contribution in [-0.2, 0) is 11.2 Å². The molecule has 94 valence electrons. The Labute approximate surface area is 108 Å². The van der Waals surface area contributed by atoms with E-state index in [-0.39, 0.29) is 12.0 Å². The van der Waals surface area contributed by atoms with Crippen LogP contribution in [0.5, 0.6) is 5.75 Å². The van der Waals surface area contributed by atoms with Crippen LogP contribution in [-0.4, -0.2) is 18.2 Å². The Morgan fingerprint density at radius 1 is 1.53 bits per heavy atom. The highest BCUT2D eigenvalue weighted by Gasteiger charge is 2.30. The first-order chi connectivity index (χ1) is 7.79. The molecule has 0 amide bonds. The number of aliphatic carboxylic acids is 1. The average Bonchev–Trinajstić information content (AvgIpc) is 2.25. The van der Waals surface area contributed by atoms with Gasteiger partial charge in [0.25, 0.3) is 0 Å². The van der Waals surface area contributed by atoms with Crippen molar-refractivity contribution >= 4 is 21.9 Å². The van der Waals surface area contributed by atoms with Crippen molar-refractivity contribution < 1.29 is 19.0 Å². The average molecular weight is 305 g/mol. The first kappa shape index (κ1) is 14.0. The largest absolute Gasteiger partial charge is 0.496 e. The van der Waals surface area contributed by atoms with E-state index < -0.39 is 17.2 Å². The quantitative estimate of drug-likeness (QED) is 0.929. The summed E-state index contributed by atoms with van der Waals surface area (Å²) in [5, 5.41) is 9.05. The molecule has 0 radical (unpaired) electrons. The van der Waals surface area contributed by atoms with E-state index in [1.165, 1.54) is 13.2 Å². The molecule has 5 heteroatoms. The molecule has 0 aliphatic heterocycles. The third kappa shape index (κ3) is 2.97. The maximum absolute atomic E-state index is 13.9. The van der Waals surface area contributed by atoms with E-state index in [9.17, 15) is 9.18 Å². The summed E-state index contributed by atoms with van der Waals surface area (Å²) in [7, 11) is 1.43. The summed E-state index contributed by atoms with van der Waals surface area (Å²) in [5.74, 6) is -1.09. The van der Waals surface area contributed by atoms with Gasteiger partial charge in [-0.25, -0.2) is 4.39 Å². The number of hydrogen-bond donors (Lipinski definition) is 1. The van der Waals surface area contributed by atoms with Crippen LogP contribution in [0.1, 0.15) is 19.4 Å². The highest BCUT2D eigenvalue weighted by molar-refractivity contribution is 9.10. The van der Waals surface area contributed by atoms with E-state index in [1.54, 1.807) is 19.9 Å². The molecule has 0 bridgehead atoms. The Bertz CT molecular complexity index is 444. The van der Waals surface area contributed by atoms with Crippen LogP contribution in [0.4, 0.5) is 4.39 Å². The van der Waals surface area contributed by atoms with E-state index in [0.717, 1.165) is 0 Å². The summed E-state index contributed by atoms with van der Waals surface area (Å²) in [6.07, 6.45) is 0.0663. The summed E-state index contributed by atoms with van der Waals surface area (Å²) in [4.78, 5) is 11.0. The molecule has 1 rings (SSSR count). The van der Waals surface area contributed by atoms with E-state index in [4.69, 9.17) is 9.84 Å². The standard InChI is InChI=1S/C12H14BrFO3/c1-12(2,11(15)16)6-7-9(17-3)5-4-8(13)10(7)14/h4-5H,6H2,1-3H3,(H,15,16). The number of hydrogen-bond acceptors (Lipinski definition) is 2. The number of ether oxygens (including phenoxy) is 1. The van der Waals surface area contributed by atoms with Gasteiger partial charge in [0.15, 0.2) is 0 Å². The number of carbonyl (C=O) groups is 1. The van der Waals surface area contributed by atoms with E-state index in [0.29, 0.717) is 10.2 Å². The van der Waals surface area contributed by atoms with Gasteiger partial charge in [-0.2, -0.15) is 0 Å². The SMILES string of the molecule is COc1ccc(Br)c(F)c1CC(C)(C)C(=O)O. The van der Waals surface area contributed by atoms with Gasteiger partial charge in [0.2, 0.25) is 0 Å². The van der Waals surface area contributed by atoms with E-state index >= 15 is 0 Å². The number of benzene rings is 1. The van der Waals surface area contributed by atoms with E-state index in [1.807, 2.05) is 0 Å². The molecule has 1 aromatic rings. The van der Waals surface area contributed by atoms with Crippen molar-refractivity contribution in [1.82, 2.24) is 0 Å². The molecule has 0 aromatic heterocycles. The minimum atomic E-state index is -1.05. The molecule has 17 heavy (non-hydrogen) atoms. The maximum atomic E-state index is 13.9. The fourth-order valence-corrected chi connectivity index (χ4v) is 1.82. The van der Waals surface area contributed by atoms with Crippen molar-refractivity contribution in [2.75, 3.05) is 7.11 Å². The lowest BCUT2D eigenvalue weighted by Crippen LogP contribution is -2.27. The number of halogens is 2. The van der Waals surface area contributed by atoms with Crippen LogP contribution in [0.15, 0.2) is 16.6 Å². The first-order valence-electron chi connectivity index (χ1n) is 5.04. The topological polar surface area (TPSA) is 46.5 Å². The molecule has 0 atom stereocenters. The highest BCUT2D eigenvalue weighted by Crippen LogP contribution is 2.33. The lowest BCUT2D eigenvalue weighted by Gasteiger charge is -2.21. The zero-order valence-electron chi connectivity index (χ0n) is 9.88. The summed E-state index contributed by atoms with van der Waals surface area (Å²) >= 11 is 3.08. The monoisotopic (exact) mass is 304 g/mol. The van der Waals surface area contributed by atoms with Gasteiger partial charge in [-0.1, -0.05) is 0 Å². The van der Waals surface area contributed by atoms with Crippen LogP contribution in [0.3, 0.4) is 0 Å². The van der Waals surface area contributed by atoms with Crippen molar-refractivity contribution in [3.63, 3.8) is 0 Å². The zero-order valence-corrected chi connectivity index (χ0v) is 11.5. The molecular weight excluding hydrogens is 291 g/mol. The zero-order chi connectivity index (χ0) is 13.2. The Morgan fingerprint density at radius 2 is 2.12 bits per heavy atom. The lowest BCUT2D eigenvalue weighted by atomic mass is 9.85. The van der Waals surface area contributed by atoms with Crippen molar-refractivity contribution in [1.29, 1.82) is 0 Å². The summed E-state index contributed by atoms with van der Waals surface area (Å²) in [6, 6.07) is 3.14. The van der Waals surface area contributed by atoms with Crippen molar-refractivity contribution in [3.05, 3.63) is 28.0 Å². The molecule has 0 aliphatic rings. The molecule has 1 N–H and O–H groups in total. The molecule has 0 aliphatic carbocycles. The second-order valence-corrected chi connectivity index (χ2v) is 5.26. The third-order valence-corrected chi connectivity index (χ3v) is 3.18. The molecule has 0 fully saturated rings. The highest BCUT2D eigenvalue weighted by atomic mass is 79.9. The van der Waals surface area contributed by atoms with Crippen molar-refractivity contribution in [2.45, 2.75) is 20.3 Å². The number of methoxy groups -OCH3 is 1. The molecule has 1 aromatic carbocycles. The van der Waals surface area contributed by atoms with Crippen LogP contribution >= 0.6 is 15.9 Å². The van der Waals surface area contributed by atoms with Gasteiger partial charge in [0.05, 0.1) is 17.0 Å². The number of carboxylic acids is 1. The van der Waals surface area contributed by atoms with Crippen molar-refractivity contribution in [3.8, 4) is 5.75 Å². The summed E-state index contributed by atoms with van der Waals surface area (Å²) in [5.41, 5.74) is -0.774. The fourth-order valence-electron chi connectivity index (χ4n) is 1.45. The maximum Gasteiger partial charge on any atom is 0.309 e. The summed E-state index contributed by atoms with van der Waals surface area (Å²) < 4.78 is 19.3.